The first-order valence-electron chi connectivity index (χ1n) is 5.54. The van der Waals surface area contributed by atoms with Crippen LogP contribution < -0.4 is 5.32 Å². The highest BCUT2D eigenvalue weighted by atomic mass is 79.9. The summed E-state index contributed by atoms with van der Waals surface area (Å²) in [5, 5.41) is 3.50. The molecule has 2 nitrogen and oxygen atoms in total. The van der Waals surface area contributed by atoms with Gasteiger partial charge in [-0.2, -0.15) is 0 Å². The molecule has 1 N–H and O–H groups in total. The van der Waals surface area contributed by atoms with Crippen LogP contribution in [0, 0.1) is 0 Å². The van der Waals surface area contributed by atoms with Crippen molar-refractivity contribution in [2.45, 2.75) is 6.54 Å². The van der Waals surface area contributed by atoms with Gasteiger partial charge in [0.05, 0.1) is 0 Å². The van der Waals surface area contributed by atoms with E-state index in [1.54, 1.807) is 18.2 Å². The predicted molar refractivity (Wildman–Crippen MR) is 84.5 cm³/mol. The molecule has 0 aliphatic carbocycles. The van der Waals surface area contributed by atoms with Gasteiger partial charge < -0.3 is 5.32 Å². The minimum Gasteiger partial charge on any atom is -0.348 e. The number of amides is 1. The van der Waals surface area contributed by atoms with Crippen molar-refractivity contribution in [3.63, 3.8) is 0 Å². The minimum absolute atomic E-state index is 0.137. The van der Waals surface area contributed by atoms with Crippen molar-refractivity contribution < 1.29 is 4.79 Å². The van der Waals surface area contributed by atoms with Crippen molar-refractivity contribution in [3.8, 4) is 0 Å². The van der Waals surface area contributed by atoms with E-state index in [9.17, 15) is 4.79 Å². The fraction of sp³-hybridized carbons (Fsp3) is 0.0714. The van der Waals surface area contributed by atoms with E-state index < -0.39 is 0 Å². The summed E-state index contributed by atoms with van der Waals surface area (Å²) in [5.74, 6) is -0.137. The Balaban J connectivity index is 2.08. The molecule has 0 saturated carbocycles. The molecule has 0 spiro atoms. The van der Waals surface area contributed by atoms with Crippen molar-refractivity contribution in [2.75, 3.05) is 0 Å². The lowest BCUT2D eigenvalue weighted by Crippen LogP contribution is -2.22. The van der Waals surface area contributed by atoms with E-state index >= 15 is 0 Å². The minimum atomic E-state index is -0.137. The van der Waals surface area contributed by atoms with Gasteiger partial charge >= 0.3 is 0 Å². The molecule has 1 amide bonds. The molecule has 0 aliphatic rings. The van der Waals surface area contributed by atoms with Crippen LogP contribution in [0.1, 0.15) is 15.9 Å². The first-order chi connectivity index (χ1) is 9.06. The van der Waals surface area contributed by atoms with Gasteiger partial charge in [0.2, 0.25) is 0 Å². The van der Waals surface area contributed by atoms with Crippen molar-refractivity contribution in [1.29, 1.82) is 0 Å². The molecule has 0 aliphatic heterocycles. The lowest BCUT2D eigenvalue weighted by Gasteiger charge is -2.07. The third-order valence-electron chi connectivity index (χ3n) is 2.52. The fourth-order valence-corrected chi connectivity index (χ4v) is 3.10. The maximum absolute atomic E-state index is 12.0. The standard InChI is InChI=1S/C14H10Br2ClNO/c15-11-5-10(6-12(16)7-11)14(19)18-8-9-3-1-2-4-13(9)17/h1-7H,8H2,(H,18,19). The zero-order valence-electron chi connectivity index (χ0n) is 9.79. The normalized spacial score (nSPS) is 10.3. The largest absolute Gasteiger partial charge is 0.348 e. The second kappa shape index (κ2) is 6.55. The maximum atomic E-state index is 12.0. The first-order valence-corrected chi connectivity index (χ1v) is 7.50. The summed E-state index contributed by atoms with van der Waals surface area (Å²) in [7, 11) is 0. The summed E-state index contributed by atoms with van der Waals surface area (Å²) in [6, 6.07) is 12.9. The quantitative estimate of drug-likeness (QED) is 0.784. The van der Waals surface area contributed by atoms with Crippen LogP contribution in [0.15, 0.2) is 51.4 Å². The van der Waals surface area contributed by atoms with Gasteiger partial charge in [-0.15, -0.1) is 0 Å². The highest BCUT2D eigenvalue weighted by molar-refractivity contribution is 9.11. The number of hydrogen-bond acceptors (Lipinski definition) is 1. The molecular weight excluding hydrogens is 393 g/mol. The lowest BCUT2D eigenvalue weighted by atomic mass is 10.2. The van der Waals surface area contributed by atoms with Crippen LogP contribution >= 0.6 is 43.5 Å². The number of rotatable bonds is 3. The Morgan fingerprint density at radius 3 is 2.37 bits per heavy atom. The van der Waals surface area contributed by atoms with Crippen LogP contribution in [-0.4, -0.2) is 5.91 Å². The second-order valence-electron chi connectivity index (χ2n) is 3.93. The number of nitrogens with one attached hydrogen (secondary N) is 1. The molecule has 0 heterocycles. The van der Waals surface area contributed by atoms with Crippen LogP contribution in [0.3, 0.4) is 0 Å². The Labute approximate surface area is 133 Å². The predicted octanol–water partition coefficient (Wildman–Crippen LogP) is 4.80. The maximum Gasteiger partial charge on any atom is 0.251 e. The van der Waals surface area contributed by atoms with Gasteiger partial charge in [0.15, 0.2) is 0 Å². The number of benzene rings is 2. The smallest absolute Gasteiger partial charge is 0.251 e. The number of carbonyl (C=O) groups excluding carboxylic acids is 1. The summed E-state index contributed by atoms with van der Waals surface area (Å²) < 4.78 is 1.70. The summed E-state index contributed by atoms with van der Waals surface area (Å²) in [6.07, 6.45) is 0. The number of halogens is 3. The van der Waals surface area contributed by atoms with Crippen LogP contribution in [-0.2, 0) is 6.54 Å². The average Bonchev–Trinajstić information content (AvgIpc) is 2.36. The molecular formula is C14H10Br2ClNO. The van der Waals surface area contributed by atoms with Gasteiger partial charge in [-0.3, -0.25) is 4.79 Å². The third-order valence-corrected chi connectivity index (χ3v) is 3.81. The number of hydrogen-bond donors (Lipinski definition) is 1. The Hall–Kier alpha value is -0.840. The summed E-state index contributed by atoms with van der Waals surface area (Å²) in [6.45, 7) is 0.405. The fourth-order valence-electron chi connectivity index (χ4n) is 1.60. The lowest BCUT2D eigenvalue weighted by molar-refractivity contribution is 0.0951. The molecule has 0 radical (unpaired) electrons. The Morgan fingerprint density at radius 2 is 1.74 bits per heavy atom. The average molecular weight is 404 g/mol. The third kappa shape index (κ3) is 4.06. The Morgan fingerprint density at radius 1 is 1.11 bits per heavy atom. The van der Waals surface area contributed by atoms with E-state index in [2.05, 4.69) is 37.2 Å². The van der Waals surface area contributed by atoms with E-state index in [-0.39, 0.29) is 5.91 Å². The van der Waals surface area contributed by atoms with Gasteiger partial charge in [-0.05, 0) is 29.8 Å². The van der Waals surface area contributed by atoms with Crippen LogP contribution in [0.2, 0.25) is 5.02 Å². The van der Waals surface area contributed by atoms with E-state index in [4.69, 9.17) is 11.6 Å². The zero-order valence-corrected chi connectivity index (χ0v) is 13.7. The molecule has 98 valence electrons. The molecule has 0 saturated heterocycles. The summed E-state index contributed by atoms with van der Waals surface area (Å²) >= 11 is 12.8. The molecule has 19 heavy (non-hydrogen) atoms. The summed E-state index contributed by atoms with van der Waals surface area (Å²) in [5.41, 5.74) is 1.49. The molecule has 0 aromatic heterocycles. The van der Waals surface area contributed by atoms with E-state index in [1.165, 1.54) is 0 Å². The highest BCUT2D eigenvalue weighted by Crippen LogP contribution is 2.20. The molecule has 5 heteroatoms. The zero-order chi connectivity index (χ0) is 13.8. The monoisotopic (exact) mass is 401 g/mol. The molecule has 0 fully saturated rings. The summed E-state index contributed by atoms with van der Waals surface area (Å²) in [4.78, 5) is 12.0. The van der Waals surface area contributed by atoms with E-state index in [1.807, 2.05) is 24.3 Å². The van der Waals surface area contributed by atoms with E-state index in [0.717, 1.165) is 14.5 Å². The second-order valence-corrected chi connectivity index (χ2v) is 6.17. The molecule has 2 aromatic rings. The van der Waals surface area contributed by atoms with Crippen molar-refractivity contribution >= 4 is 49.4 Å². The highest BCUT2D eigenvalue weighted by Gasteiger charge is 2.08. The van der Waals surface area contributed by atoms with Gasteiger partial charge in [0.1, 0.15) is 0 Å². The molecule has 2 rings (SSSR count). The van der Waals surface area contributed by atoms with E-state index in [0.29, 0.717) is 17.1 Å². The van der Waals surface area contributed by atoms with Crippen molar-refractivity contribution in [3.05, 3.63) is 67.6 Å². The SMILES string of the molecule is O=C(NCc1ccccc1Cl)c1cc(Br)cc(Br)c1. The van der Waals surface area contributed by atoms with Gasteiger partial charge in [0.25, 0.3) is 5.91 Å². The van der Waals surface area contributed by atoms with Crippen LogP contribution in [0.4, 0.5) is 0 Å². The number of carbonyl (C=O) groups is 1. The first kappa shape index (κ1) is 14.6. The van der Waals surface area contributed by atoms with Crippen molar-refractivity contribution in [2.24, 2.45) is 0 Å². The Kier molecular flexibility index (Phi) is 5.02. The molecule has 0 unspecified atom stereocenters. The van der Waals surface area contributed by atoms with Gasteiger partial charge in [-0.25, -0.2) is 0 Å². The van der Waals surface area contributed by atoms with Crippen molar-refractivity contribution in [1.82, 2.24) is 5.32 Å². The Bertz CT molecular complexity index is 596. The topological polar surface area (TPSA) is 29.1 Å². The van der Waals surface area contributed by atoms with Crippen LogP contribution in [0.5, 0.6) is 0 Å². The molecule has 2 aromatic carbocycles. The molecule has 0 atom stereocenters. The van der Waals surface area contributed by atoms with Crippen LogP contribution in [0.25, 0.3) is 0 Å². The molecule has 0 bridgehead atoms. The van der Waals surface area contributed by atoms with Gasteiger partial charge in [-0.1, -0.05) is 61.7 Å². The van der Waals surface area contributed by atoms with Gasteiger partial charge in [0, 0.05) is 26.1 Å².